The van der Waals surface area contributed by atoms with Crippen molar-refractivity contribution in [2.45, 2.75) is 31.6 Å². The summed E-state index contributed by atoms with van der Waals surface area (Å²) in [7, 11) is 2.05. The number of nitrogen functional groups attached to an aromatic ring is 1. The summed E-state index contributed by atoms with van der Waals surface area (Å²) in [6.07, 6.45) is 5.32. The van der Waals surface area contributed by atoms with Crippen LogP contribution in [-0.2, 0) is 7.05 Å². The Balaban J connectivity index is 2.18. The molecule has 1 aromatic carbocycles. The number of anilines is 1. The van der Waals surface area contributed by atoms with Crippen LogP contribution in [-0.4, -0.2) is 9.78 Å². The largest absolute Gasteiger partial charge is 0.399 e. The predicted molar refractivity (Wildman–Crippen MR) is 66.3 cm³/mol. The molecule has 0 amide bonds. The van der Waals surface area contributed by atoms with E-state index in [1.54, 1.807) is 0 Å². The van der Waals surface area contributed by atoms with E-state index in [0.29, 0.717) is 5.92 Å². The SMILES string of the molecule is Cn1nc2cc(N)ccc2c1C1CCCC1. The Hall–Kier alpha value is -1.51. The first-order valence-corrected chi connectivity index (χ1v) is 5.98. The number of hydrogen-bond donors (Lipinski definition) is 1. The number of hydrogen-bond acceptors (Lipinski definition) is 2. The molecule has 3 heteroatoms. The summed E-state index contributed by atoms with van der Waals surface area (Å²) < 4.78 is 2.04. The van der Waals surface area contributed by atoms with Crippen molar-refractivity contribution in [3.63, 3.8) is 0 Å². The molecule has 16 heavy (non-hydrogen) atoms. The van der Waals surface area contributed by atoms with Crippen molar-refractivity contribution in [1.82, 2.24) is 9.78 Å². The Morgan fingerprint density at radius 3 is 2.81 bits per heavy atom. The van der Waals surface area contributed by atoms with Crippen molar-refractivity contribution >= 4 is 16.6 Å². The highest BCUT2D eigenvalue weighted by Crippen LogP contribution is 2.37. The van der Waals surface area contributed by atoms with Gasteiger partial charge in [0.2, 0.25) is 0 Å². The molecule has 0 unspecified atom stereocenters. The monoisotopic (exact) mass is 215 g/mol. The van der Waals surface area contributed by atoms with Gasteiger partial charge < -0.3 is 5.73 Å². The molecule has 0 radical (unpaired) electrons. The molecule has 0 aliphatic heterocycles. The van der Waals surface area contributed by atoms with E-state index in [1.807, 2.05) is 23.9 Å². The lowest BCUT2D eigenvalue weighted by Crippen LogP contribution is -2.02. The number of nitrogens with zero attached hydrogens (tertiary/aromatic N) is 2. The first-order chi connectivity index (χ1) is 7.75. The first-order valence-electron chi connectivity index (χ1n) is 5.98. The number of aryl methyl sites for hydroxylation is 1. The minimum Gasteiger partial charge on any atom is -0.399 e. The second kappa shape index (κ2) is 3.51. The number of benzene rings is 1. The smallest absolute Gasteiger partial charge is 0.0946 e. The van der Waals surface area contributed by atoms with E-state index in [1.165, 1.54) is 36.8 Å². The number of rotatable bonds is 1. The number of fused-ring (bicyclic) bond motifs is 1. The fraction of sp³-hybridized carbons (Fsp3) is 0.462. The van der Waals surface area contributed by atoms with Gasteiger partial charge in [0.15, 0.2) is 0 Å². The van der Waals surface area contributed by atoms with Crippen LogP contribution in [0.2, 0.25) is 0 Å². The van der Waals surface area contributed by atoms with Crippen LogP contribution in [0.4, 0.5) is 5.69 Å². The van der Waals surface area contributed by atoms with Gasteiger partial charge in [-0.2, -0.15) is 5.10 Å². The van der Waals surface area contributed by atoms with Crippen LogP contribution in [0, 0.1) is 0 Å². The molecule has 1 aromatic heterocycles. The second-order valence-electron chi connectivity index (χ2n) is 4.77. The zero-order valence-corrected chi connectivity index (χ0v) is 9.61. The molecule has 0 atom stereocenters. The molecule has 1 heterocycles. The van der Waals surface area contributed by atoms with Gasteiger partial charge in [-0.3, -0.25) is 4.68 Å². The lowest BCUT2D eigenvalue weighted by Gasteiger charge is -2.09. The molecule has 0 bridgehead atoms. The Labute approximate surface area is 95.2 Å². The lowest BCUT2D eigenvalue weighted by molar-refractivity contribution is 0.623. The van der Waals surface area contributed by atoms with Crippen LogP contribution >= 0.6 is 0 Å². The van der Waals surface area contributed by atoms with Gasteiger partial charge in [-0.25, -0.2) is 0 Å². The van der Waals surface area contributed by atoms with E-state index in [2.05, 4.69) is 11.2 Å². The summed E-state index contributed by atoms with van der Waals surface area (Å²) in [5.41, 5.74) is 9.01. The maximum absolute atomic E-state index is 5.79. The van der Waals surface area contributed by atoms with E-state index in [0.717, 1.165) is 11.2 Å². The first kappa shape index (κ1) is 9.70. The van der Waals surface area contributed by atoms with Gasteiger partial charge in [-0.15, -0.1) is 0 Å². The van der Waals surface area contributed by atoms with E-state index in [9.17, 15) is 0 Å². The van der Waals surface area contributed by atoms with Crippen LogP contribution in [0.3, 0.4) is 0 Å². The maximum atomic E-state index is 5.79. The van der Waals surface area contributed by atoms with Gasteiger partial charge in [0.25, 0.3) is 0 Å². The molecule has 0 spiro atoms. The number of nitrogens with two attached hydrogens (primary N) is 1. The Morgan fingerprint density at radius 2 is 2.06 bits per heavy atom. The standard InChI is InChI=1S/C13H17N3/c1-16-13(9-4-2-3-5-9)11-7-6-10(14)8-12(11)15-16/h6-9H,2-5,14H2,1H3. The quantitative estimate of drug-likeness (QED) is 0.743. The van der Waals surface area contributed by atoms with E-state index in [4.69, 9.17) is 5.73 Å². The average Bonchev–Trinajstić information content (AvgIpc) is 2.83. The van der Waals surface area contributed by atoms with Crippen molar-refractivity contribution in [3.05, 3.63) is 23.9 Å². The van der Waals surface area contributed by atoms with E-state index >= 15 is 0 Å². The normalized spacial score (nSPS) is 17.3. The van der Waals surface area contributed by atoms with Crippen molar-refractivity contribution in [3.8, 4) is 0 Å². The molecule has 2 N–H and O–H groups in total. The molecule has 2 aromatic rings. The second-order valence-corrected chi connectivity index (χ2v) is 4.77. The minimum atomic E-state index is 0.693. The third-order valence-corrected chi connectivity index (χ3v) is 3.65. The maximum Gasteiger partial charge on any atom is 0.0946 e. The zero-order valence-electron chi connectivity index (χ0n) is 9.61. The molecule has 1 aliphatic rings. The fourth-order valence-corrected chi connectivity index (χ4v) is 2.92. The van der Waals surface area contributed by atoms with E-state index < -0.39 is 0 Å². The third kappa shape index (κ3) is 1.39. The van der Waals surface area contributed by atoms with Crippen LogP contribution in [0.5, 0.6) is 0 Å². The molecule has 1 aliphatic carbocycles. The number of aromatic nitrogens is 2. The van der Waals surface area contributed by atoms with Crippen LogP contribution < -0.4 is 5.73 Å². The van der Waals surface area contributed by atoms with Crippen molar-refractivity contribution in [2.24, 2.45) is 7.05 Å². The van der Waals surface area contributed by atoms with Crippen molar-refractivity contribution < 1.29 is 0 Å². The molecular weight excluding hydrogens is 198 g/mol. The summed E-state index contributed by atoms with van der Waals surface area (Å²) in [6.45, 7) is 0. The van der Waals surface area contributed by atoms with Gasteiger partial charge in [0, 0.05) is 29.7 Å². The summed E-state index contributed by atoms with van der Waals surface area (Å²) in [4.78, 5) is 0. The zero-order chi connectivity index (χ0) is 11.1. The highest BCUT2D eigenvalue weighted by atomic mass is 15.3. The summed E-state index contributed by atoms with van der Waals surface area (Å²) in [5, 5.41) is 5.84. The molecule has 1 fully saturated rings. The molecule has 84 valence electrons. The molecular formula is C13H17N3. The molecule has 1 saturated carbocycles. The van der Waals surface area contributed by atoms with Crippen molar-refractivity contribution in [1.29, 1.82) is 0 Å². The van der Waals surface area contributed by atoms with Crippen LogP contribution in [0.15, 0.2) is 18.2 Å². The average molecular weight is 215 g/mol. The lowest BCUT2D eigenvalue weighted by atomic mass is 10.0. The molecule has 0 saturated heterocycles. The van der Waals surface area contributed by atoms with Gasteiger partial charge in [0.05, 0.1) is 5.52 Å². The van der Waals surface area contributed by atoms with Gasteiger partial charge >= 0.3 is 0 Å². The Kier molecular flexibility index (Phi) is 2.13. The summed E-state index contributed by atoms with van der Waals surface area (Å²) >= 11 is 0. The minimum absolute atomic E-state index is 0.693. The van der Waals surface area contributed by atoms with E-state index in [-0.39, 0.29) is 0 Å². The molecule has 3 rings (SSSR count). The third-order valence-electron chi connectivity index (χ3n) is 3.65. The summed E-state index contributed by atoms with van der Waals surface area (Å²) in [5.74, 6) is 0.693. The van der Waals surface area contributed by atoms with Crippen LogP contribution in [0.1, 0.15) is 37.3 Å². The highest BCUT2D eigenvalue weighted by molar-refractivity contribution is 5.84. The Morgan fingerprint density at radius 1 is 1.31 bits per heavy atom. The fourth-order valence-electron chi connectivity index (χ4n) is 2.92. The van der Waals surface area contributed by atoms with Gasteiger partial charge in [-0.1, -0.05) is 12.8 Å². The molecule has 3 nitrogen and oxygen atoms in total. The van der Waals surface area contributed by atoms with Crippen molar-refractivity contribution in [2.75, 3.05) is 5.73 Å². The van der Waals surface area contributed by atoms with Gasteiger partial charge in [-0.05, 0) is 31.0 Å². The Bertz CT molecular complexity index is 521. The summed E-state index contributed by atoms with van der Waals surface area (Å²) in [6, 6.07) is 6.06. The predicted octanol–water partition coefficient (Wildman–Crippen LogP) is 2.81. The van der Waals surface area contributed by atoms with Crippen LogP contribution in [0.25, 0.3) is 10.9 Å². The topological polar surface area (TPSA) is 43.8 Å². The highest BCUT2D eigenvalue weighted by Gasteiger charge is 2.22. The van der Waals surface area contributed by atoms with Gasteiger partial charge in [0.1, 0.15) is 0 Å².